The number of amides is 1. The molecule has 0 spiro atoms. The standard InChI is InChI=1S/C22H15F2N3O4S/c1-2-31-22(30)18-13-11-32-20(25-19(28)17-14(23)9-6-10-15(17)24)16(13)21(29)27(26-18)12-7-4-3-5-8-12/h3-11H,2H2,1H3,(H,25,28). The van der Waals surface area contributed by atoms with E-state index in [-0.39, 0.29) is 28.1 Å². The fourth-order valence-corrected chi connectivity index (χ4v) is 4.05. The molecule has 162 valence electrons. The van der Waals surface area contributed by atoms with Crippen LogP contribution in [0.5, 0.6) is 0 Å². The normalized spacial score (nSPS) is 10.8. The zero-order chi connectivity index (χ0) is 22.8. The summed E-state index contributed by atoms with van der Waals surface area (Å²) >= 11 is 0.927. The molecule has 4 rings (SSSR count). The molecule has 10 heteroatoms. The highest BCUT2D eigenvalue weighted by Gasteiger charge is 2.24. The molecular weight excluding hydrogens is 440 g/mol. The van der Waals surface area contributed by atoms with Gasteiger partial charge in [0, 0.05) is 10.8 Å². The van der Waals surface area contributed by atoms with Crippen LogP contribution in [-0.4, -0.2) is 28.3 Å². The lowest BCUT2D eigenvalue weighted by molar-refractivity contribution is 0.0520. The van der Waals surface area contributed by atoms with Crippen molar-refractivity contribution in [3.8, 4) is 5.69 Å². The van der Waals surface area contributed by atoms with Crippen molar-refractivity contribution in [2.24, 2.45) is 0 Å². The van der Waals surface area contributed by atoms with Crippen LogP contribution in [0.1, 0.15) is 27.8 Å². The Morgan fingerprint density at radius 3 is 2.44 bits per heavy atom. The van der Waals surface area contributed by atoms with E-state index in [4.69, 9.17) is 4.74 Å². The van der Waals surface area contributed by atoms with Crippen LogP contribution >= 0.6 is 11.3 Å². The molecule has 0 fully saturated rings. The second-order valence-corrected chi connectivity index (χ2v) is 7.41. The van der Waals surface area contributed by atoms with E-state index in [9.17, 15) is 23.2 Å². The van der Waals surface area contributed by atoms with Crippen LogP contribution in [0.4, 0.5) is 13.8 Å². The lowest BCUT2D eigenvalue weighted by Crippen LogP contribution is -2.25. The Hall–Kier alpha value is -3.92. The number of esters is 1. The van der Waals surface area contributed by atoms with Crippen molar-refractivity contribution < 1.29 is 23.1 Å². The Morgan fingerprint density at radius 2 is 1.78 bits per heavy atom. The predicted octanol–water partition coefficient (Wildman–Crippen LogP) is 4.15. The zero-order valence-electron chi connectivity index (χ0n) is 16.6. The Kier molecular flexibility index (Phi) is 5.78. The summed E-state index contributed by atoms with van der Waals surface area (Å²) in [5.74, 6) is -3.90. The molecule has 0 atom stereocenters. The van der Waals surface area contributed by atoms with Gasteiger partial charge in [-0.25, -0.2) is 13.6 Å². The number of para-hydroxylation sites is 1. The van der Waals surface area contributed by atoms with Crippen molar-refractivity contribution in [3.63, 3.8) is 0 Å². The van der Waals surface area contributed by atoms with Gasteiger partial charge in [0.1, 0.15) is 22.2 Å². The number of carbonyl (C=O) groups excluding carboxylic acids is 2. The number of carbonyl (C=O) groups is 2. The maximum absolute atomic E-state index is 14.0. The van der Waals surface area contributed by atoms with Gasteiger partial charge in [-0.05, 0) is 31.2 Å². The molecule has 2 heterocycles. The minimum atomic E-state index is -1.07. The molecule has 0 aliphatic carbocycles. The van der Waals surface area contributed by atoms with Crippen LogP contribution < -0.4 is 10.9 Å². The Labute approximate surface area is 183 Å². The molecule has 1 N–H and O–H groups in total. The molecule has 0 saturated heterocycles. The summed E-state index contributed by atoms with van der Waals surface area (Å²) in [6.07, 6.45) is 0. The second-order valence-electron chi connectivity index (χ2n) is 6.53. The van der Waals surface area contributed by atoms with E-state index in [2.05, 4.69) is 10.4 Å². The number of nitrogens with one attached hydrogen (secondary N) is 1. The molecule has 0 unspecified atom stereocenters. The van der Waals surface area contributed by atoms with E-state index in [0.29, 0.717) is 5.69 Å². The topological polar surface area (TPSA) is 90.3 Å². The number of rotatable bonds is 5. The number of aromatic nitrogens is 2. The molecule has 7 nitrogen and oxygen atoms in total. The molecule has 0 bridgehead atoms. The van der Waals surface area contributed by atoms with E-state index < -0.39 is 34.6 Å². The first-order valence-corrected chi connectivity index (χ1v) is 10.3. The van der Waals surface area contributed by atoms with Gasteiger partial charge < -0.3 is 10.1 Å². The SMILES string of the molecule is CCOC(=O)c1nn(-c2ccccc2)c(=O)c2c(NC(=O)c3c(F)cccc3F)scc12. The number of ether oxygens (including phenoxy) is 1. The number of thiophene rings is 1. The Morgan fingerprint density at radius 1 is 1.09 bits per heavy atom. The highest BCUT2D eigenvalue weighted by Crippen LogP contribution is 2.31. The molecule has 1 amide bonds. The summed E-state index contributed by atoms with van der Waals surface area (Å²) in [4.78, 5) is 38.3. The van der Waals surface area contributed by atoms with E-state index in [1.165, 1.54) is 5.38 Å². The zero-order valence-corrected chi connectivity index (χ0v) is 17.4. The monoisotopic (exact) mass is 455 g/mol. The molecule has 2 aromatic carbocycles. The lowest BCUT2D eigenvalue weighted by atomic mass is 10.1. The summed E-state index contributed by atoms with van der Waals surface area (Å²) in [6.45, 7) is 1.72. The van der Waals surface area contributed by atoms with Crippen LogP contribution in [0.15, 0.2) is 58.7 Å². The van der Waals surface area contributed by atoms with E-state index in [0.717, 1.165) is 34.2 Å². The van der Waals surface area contributed by atoms with Crippen LogP contribution in [-0.2, 0) is 4.74 Å². The smallest absolute Gasteiger partial charge is 0.359 e. The second kappa shape index (κ2) is 8.67. The maximum Gasteiger partial charge on any atom is 0.359 e. The van der Waals surface area contributed by atoms with Crippen LogP contribution in [0.2, 0.25) is 0 Å². The summed E-state index contributed by atoms with van der Waals surface area (Å²) < 4.78 is 34.1. The fourth-order valence-electron chi connectivity index (χ4n) is 3.12. The van der Waals surface area contributed by atoms with Crippen LogP contribution in [0, 0.1) is 11.6 Å². The van der Waals surface area contributed by atoms with Gasteiger partial charge in [0.15, 0.2) is 5.69 Å². The minimum Gasteiger partial charge on any atom is -0.461 e. The van der Waals surface area contributed by atoms with Crippen molar-refractivity contribution in [1.29, 1.82) is 0 Å². The van der Waals surface area contributed by atoms with Crippen LogP contribution in [0.25, 0.3) is 16.5 Å². The maximum atomic E-state index is 14.0. The summed E-state index contributed by atoms with van der Waals surface area (Å²) in [5, 5.41) is 8.18. The van der Waals surface area contributed by atoms with Gasteiger partial charge in [-0.15, -0.1) is 11.3 Å². The van der Waals surface area contributed by atoms with Crippen molar-refractivity contribution in [1.82, 2.24) is 9.78 Å². The van der Waals surface area contributed by atoms with Crippen molar-refractivity contribution in [2.75, 3.05) is 11.9 Å². The van der Waals surface area contributed by atoms with Gasteiger partial charge >= 0.3 is 5.97 Å². The molecule has 0 saturated carbocycles. The van der Waals surface area contributed by atoms with Crippen molar-refractivity contribution >= 4 is 39.0 Å². The number of halogens is 2. The molecule has 32 heavy (non-hydrogen) atoms. The molecule has 0 radical (unpaired) electrons. The van der Waals surface area contributed by atoms with Crippen LogP contribution in [0.3, 0.4) is 0 Å². The highest BCUT2D eigenvalue weighted by molar-refractivity contribution is 7.16. The molecule has 2 aromatic heterocycles. The van der Waals surface area contributed by atoms with Crippen molar-refractivity contribution in [2.45, 2.75) is 6.92 Å². The van der Waals surface area contributed by atoms with E-state index in [1.54, 1.807) is 37.3 Å². The third-order valence-corrected chi connectivity index (χ3v) is 5.43. The van der Waals surface area contributed by atoms with Gasteiger partial charge in [-0.3, -0.25) is 9.59 Å². The largest absolute Gasteiger partial charge is 0.461 e. The number of nitrogens with zero attached hydrogens (tertiary/aromatic N) is 2. The first-order valence-electron chi connectivity index (χ1n) is 9.44. The quantitative estimate of drug-likeness (QED) is 0.457. The summed E-state index contributed by atoms with van der Waals surface area (Å²) in [5.41, 5.74) is -1.14. The average Bonchev–Trinajstić information content (AvgIpc) is 3.18. The number of hydrogen-bond donors (Lipinski definition) is 1. The molecule has 4 aromatic rings. The van der Waals surface area contributed by atoms with Gasteiger partial charge in [-0.1, -0.05) is 24.3 Å². The van der Waals surface area contributed by atoms with Crippen molar-refractivity contribution in [3.05, 3.63) is 87.2 Å². The number of anilines is 1. The van der Waals surface area contributed by atoms with Gasteiger partial charge in [0.2, 0.25) is 0 Å². The number of benzene rings is 2. The number of fused-ring (bicyclic) bond motifs is 1. The first-order chi connectivity index (χ1) is 15.4. The first kappa shape index (κ1) is 21.3. The summed E-state index contributed by atoms with van der Waals surface area (Å²) in [6, 6.07) is 11.4. The molecule has 0 aliphatic rings. The average molecular weight is 455 g/mol. The Bertz CT molecular complexity index is 1380. The highest BCUT2D eigenvalue weighted by atomic mass is 32.1. The molecular formula is C22H15F2N3O4S. The third kappa shape index (κ3) is 3.76. The third-order valence-electron chi connectivity index (χ3n) is 4.54. The minimum absolute atomic E-state index is 0.0234. The lowest BCUT2D eigenvalue weighted by Gasteiger charge is -2.10. The number of hydrogen-bond acceptors (Lipinski definition) is 6. The van der Waals surface area contributed by atoms with E-state index in [1.807, 2.05) is 0 Å². The summed E-state index contributed by atoms with van der Waals surface area (Å²) in [7, 11) is 0. The molecule has 0 aliphatic heterocycles. The van der Waals surface area contributed by atoms with Gasteiger partial charge in [0.05, 0.1) is 17.7 Å². The fraction of sp³-hybridized carbons (Fsp3) is 0.0909. The van der Waals surface area contributed by atoms with E-state index >= 15 is 0 Å². The van der Waals surface area contributed by atoms with Gasteiger partial charge in [0.25, 0.3) is 11.5 Å². The Balaban J connectivity index is 1.90. The predicted molar refractivity (Wildman–Crippen MR) is 115 cm³/mol. The van der Waals surface area contributed by atoms with Gasteiger partial charge in [-0.2, -0.15) is 9.78 Å².